The maximum absolute atomic E-state index is 12.8. The zero-order valence-electron chi connectivity index (χ0n) is 21.8. The summed E-state index contributed by atoms with van der Waals surface area (Å²) in [6.45, 7) is 5.35. The van der Waals surface area contributed by atoms with Crippen molar-refractivity contribution in [2.45, 2.75) is 51.2 Å². The molecule has 0 spiro atoms. The van der Waals surface area contributed by atoms with Gasteiger partial charge in [0, 0.05) is 26.2 Å². The van der Waals surface area contributed by atoms with Gasteiger partial charge in [-0.25, -0.2) is 9.59 Å². The lowest BCUT2D eigenvalue weighted by Gasteiger charge is -2.36. The molecule has 1 amide bonds. The highest BCUT2D eigenvalue weighted by molar-refractivity contribution is 5.88. The number of carbonyl (C=O) groups excluding carboxylic acids is 2. The van der Waals surface area contributed by atoms with Crippen molar-refractivity contribution in [3.8, 4) is 11.5 Å². The van der Waals surface area contributed by atoms with E-state index in [1.165, 1.54) is 7.11 Å². The second-order valence-corrected chi connectivity index (χ2v) is 10.5. The van der Waals surface area contributed by atoms with Gasteiger partial charge in [-0.05, 0) is 91.9 Å². The number of fused-ring (bicyclic) bond motifs is 2. The summed E-state index contributed by atoms with van der Waals surface area (Å²) in [4.78, 5) is 27.5. The molecule has 0 saturated carbocycles. The molecule has 4 rings (SSSR count). The third kappa shape index (κ3) is 5.56. The van der Waals surface area contributed by atoms with Gasteiger partial charge in [0.2, 0.25) is 0 Å². The topological polar surface area (TPSA) is 77.1 Å². The van der Waals surface area contributed by atoms with Crippen LogP contribution in [-0.2, 0) is 27.1 Å². The minimum absolute atomic E-state index is 0.287. The third-order valence-electron chi connectivity index (χ3n) is 6.35. The number of aryl methyl sites for hydroxylation is 1. The molecule has 1 unspecified atom stereocenters. The molecule has 3 aromatic carbocycles. The number of anilines is 1. The number of alkyl carbamates (subject to hydrolysis) is 1. The number of carbonyl (C=O) groups is 2. The molecule has 0 bridgehead atoms. The van der Waals surface area contributed by atoms with Crippen LogP contribution in [0.5, 0.6) is 11.5 Å². The van der Waals surface area contributed by atoms with E-state index >= 15 is 0 Å². The summed E-state index contributed by atoms with van der Waals surface area (Å²) in [5.41, 5.74) is 1.28. The van der Waals surface area contributed by atoms with Gasteiger partial charge in [0.15, 0.2) is 0 Å². The van der Waals surface area contributed by atoms with E-state index in [9.17, 15) is 9.59 Å². The molecular weight excluding hydrogens is 456 g/mol. The van der Waals surface area contributed by atoms with Gasteiger partial charge < -0.3 is 24.4 Å². The Balaban J connectivity index is 1.59. The largest absolute Gasteiger partial charge is 0.467 e. The molecule has 1 atom stereocenters. The zero-order valence-corrected chi connectivity index (χ0v) is 21.8. The highest BCUT2D eigenvalue weighted by Crippen LogP contribution is 2.35. The molecule has 0 aliphatic heterocycles. The average Bonchev–Trinajstić information content (AvgIpc) is 2.81. The number of ether oxygens (including phenoxy) is 3. The van der Waals surface area contributed by atoms with Crippen molar-refractivity contribution in [3.63, 3.8) is 0 Å². The fraction of sp³-hybridized carbons (Fsp3) is 0.379. The second-order valence-electron chi connectivity index (χ2n) is 10.5. The molecule has 1 N–H and O–H groups in total. The number of methoxy groups -OCH3 is 1. The Kier molecular flexibility index (Phi) is 6.85. The summed E-state index contributed by atoms with van der Waals surface area (Å²) in [5, 5.41) is 5.02. The summed E-state index contributed by atoms with van der Waals surface area (Å²) in [6, 6.07) is 18.2. The number of rotatable bonds is 5. The van der Waals surface area contributed by atoms with Gasteiger partial charge in [-0.2, -0.15) is 0 Å². The number of benzene rings is 3. The summed E-state index contributed by atoms with van der Waals surface area (Å²) in [7, 11) is 5.36. The van der Waals surface area contributed by atoms with Crippen LogP contribution in [0.4, 0.5) is 10.5 Å². The highest BCUT2D eigenvalue weighted by Gasteiger charge is 2.44. The molecule has 7 nitrogen and oxygen atoms in total. The summed E-state index contributed by atoms with van der Waals surface area (Å²) >= 11 is 0. The van der Waals surface area contributed by atoms with Gasteiger partial charge in [-0.1, -0.05) is 18.2 Å². The number of hydrogen-bond donors (Lipinski definition) is 1. The molecule has 36 heavy (non-hydrogen) atoms. The van der Waals surface area contributed by atoms with Crippen molar-refractivity contribution in [3.05, 3.63) is 65.7 Å². The summed E-state index contributed by atoms with van der Waals surface area (Å²) in [6.07, 6.45) is 0.682. The lowest BCUT2D eigenvalue weighted by Crippen LogP contribution is -2.59. The number of amides is 1. The van der Waals surface area contributed by atoms with E-state index in [0.29, 0.717) is 18.6 Å². The van der Waals surface area contributed by atoms with Crippen LogP contribution in [0, 0.1) is 0 Å². The van der Waals surface area contributed by atoms with E-state index in [1.54, 1.807) is 20.8 Å². The molecule has 7 heteroatoms. The number of nitrogens with one attached hydrogen (secondary N) is 1. The normalized spacial score (nSPS) is 17.2. The first-order valence-electron chi connectivity index (χ1n) is 12.1. The smallest absolute Gasteiger partial charge is 0.408 e. The average molecular weight is 491 g/mol. The van der Waals surface area contributed by atoms with Crippen molar-refractivity contribution in [2.75, 3.05) is 26.1 Å². The Morgan fingerprint density at radius 2 is 1.61 bits per heavy atom. The van der Waals surface area contributed by atoms with Crippen molar-refractivity contribution in [1.29, 1.82) is 0 Å². The standard InChI is InChI=1S/C29H34N2O5/c1-28(2,3)36-27(33)30-29(26(32)34-6)14-13-20-9-12-25(17-22(20)18-29)35-24-11-8-19-7-10-23(31(4)5)15-21(19)16-24/h7-12,15-17H,13-14,18H2,1-6H3,(H,30,33). The molecule has 3 aromatic rings. The number of esters is 1. The first-order chi connectivity index (χ1) is 17.0. The third-order valence-corrected chi connectivity index (χ3v) is 6.35. The maximum Gasteiger partial charge on any atom is 0.408 e. The highest BCUT2D eigenvalue weighted by atomic mass is 16.6. The van der Waals surface area contributed by atoms with Crippen LogP contribution in [0.15, 0.2) is 54.6 Å². The van der Waals surface area contributed by atoms with E-state index in [1.807, 2.05) is 50.5 Å². The van der Waals surface area contributed by atoms with E-state index in [2.05, 4.69) is 28.4 Å². The molecule has 1 aliphatic rings. The van der Waals surface area contributed by atoms with Crippen LogP contribution in [-0.4, -0.2) is 44.4 Å². The first kappa shape index (κ1) is 25.4. The van der Waals surface area contributed by atoms with E-state index in [-0.39, 0.29) is 6.42 Å². The molecule has 1 aliphatic carbocycles. The van der Waals surface area contributed by atoms with Crippen LogP contribution in [0.3, 0.4) is 0 Å². The minimum atomic E-state index is -1.20. The summed E-state index contributed by atoms with van der Waals surface area (Å²) in [5.74, 6) is 0.895. The molecule has 0 saturated heterocycles. The van der Waals surface area contributed by atoms with Gasteiger partial charge >= 0.3 is 12.1 Å². The van der Waals surface area contributed by atoms with E-state index in [0.717, 1.165) is 33.3 Å². The number of nitrogens with zero attached hydrogens (tertiary/aromatic N) is 1. The second kappa shape index (κ2) is 9.72. The Hall–Kier alpha value is -3.74. The van der Waals surface area contributed by atoms with E-state index in [4.69, 9.17) is 14.2 Å². The van der Waals surface area contributed by atoms with Crippen molar-refractivity contribution in [1.82, 2.24) is 5.32 Å². The van der Waals surface area contributed by atoms with Crippen LogP contribution in [0.2, 0.25) is 0 Å². The quantitative estimate of drug-likeness (QED) is 0.468. The van der Waals surface area contributed by atoms with Crippen molar-refractivity contribution < 1.29 is 23.8 Å². The van der Waals surface area contributed by atoms with Gasteiger partial charge in [-0.3, -0.25) is 0 Å². The fourth-order valence-electron chi connectivity index (χ4n) is 4.55. The predicted octanol–water partition coefficient (Wildman–Crippen LogP) is 5.62. The monoisotopic (exact) mass is 490 g/mol. The maximum atomic E-state index is 12.8. The van der Waals surface area contributed by atoms with Crippen LogP contribution in [0.25, 0.3) is 10.8 Å². The molecular formula is C29H34N2O5. The van der Waals surface area contributed by atoms with Crippen LogP contribution in [0.1, 0.15) is 38.3 Å². The Morgan fingerprint density at radius 3 is 2.31 bits per heavy atom. The molecule has 0 radical (unpaired) electrons. The zero-order chi connectivity index (χ0) is 26.1. The molecule has 0 heterocycles. The van der Waals surface area contributed by atoms with Gasteiger partial charge in [0.05, 0.1) is 7.11 Å². The van der Waals surface area contributed by atoms with Gasteiger partial charge in [0.1, 0.15) is 22.6 Å². The minimum Gasteiger partial charge on any atom is -0.467 e. The van der Waals surface area contributed by atoms with Crippen molar-refractivity contribution in [2.24, 2.45) is 0 Å². The fourth-order valence-corrected chi connectivity index (χ4v) is 4.55. The SMILES string of the molecule is COC(=O)C1(NC(=O)OC(C)(C)C)CCc2ccc(Oc3ccc4ccc(N(C)C)cc4c3)cc2C1. The molecule has 0 aromatic heterocycles. The van der Waals surface area contributed by atoms with Gasteiger partial charge in [-0.15, -0.1) is 0 Å². The van der Waals surface area contributed by atoms with Crippen LogP contribution < -0.4 is 15.0 Å². The Bertz CT molecular complexity index is 1290. The molecule has 0 fully saturated rings. The number of hydrogen-bond acceptors (Lipinski definition) is 6. The lowest BCUT2D eigenvalue weighted by molar-refractivity contribution is -0.149. The summed E-state index contributed by atoms with van der Waals surface area (Å²) < 4.78 is 16.7. The Morgan fingerprint density at radius 1 is 0.917 bits per heavy atom. The van der Waals surface area contributed by atoms with Gasteiger partial charge in [0.25, 0.3) is 0 Å². The van der Waals surface area contributed by atoms with E-state index < -0.39 is 23.2 Å². The Labute approximate surface area is 212 Å². The van der Waals surface area contributed by atoms with Crippen molar-refractivity contribution >= 4 is 28.5 Å². The van der Waals surface area contributed by atoms with Crippen LogP contribution >= 0.6 is 0 Å². The first-order valence-corrected chi connectivity index (χ1v) is 12.1. The predicted molar refractivity (Wildman–Crippen MR) is 141 cm³/mol. The molecule has 190 valence electrons. The lowest BCUT2D eigenvalue weighted by atomic mass is 9.78.